The minimum absolute atomic E-state index is 0.129. The standard InChI is InChI=1S/C27H34FNO4/c1-13-17-9-8-10-32-24(17)20(28)11-18(13)22-15(3)21-16(4)29-12-19(21)14(2)23(22)25(26(30)31)33-27(5,6)7/h11,16,25,29H,8-10,12H2,1-7H3,(H,30,31)/t16-,25+/m1/s1. The normalized spacial score (nSPS) is 18.5. The van der Waals surface area contributed by atoms with Gasteiger partial charge in [-0.05, 0) is 106 Å². The molecule has 2 atom stereocenters. The maximum atomic E-state index is 15.3. The number of nitrogens with one attached hydrogen (secondary N) is 1. The predicted octanol–water partition coefficient (Wildman–Crippen LogP) is 5.85. The molecule has 2 aliphatic heterocycles. The first kappa shape index (κ1) is 23.7. The summed E-state index contributed by atoms with van der Waals surface area (Å²) in [6.07, 6.45) is 0.398. The molecule has 0 aromatic heterocycles. The molecule has 5 nitrogen and oxygen atoms in total. The van der Waals surface area contributed by atoms with Crippen molar-refractivity contribution >= 4 is 5.97 Å². The summed E-state index contributed by atoms with van der Waals surface area (Å²) in [6, 6.07) is 1.64. The summed E-state index contributed by atoms with van der Waals surface area (Å²) in [6.45, 7) is 14.8. The van der Waals surface area contributed by atoms with E-state index in [0.29, 0.717) is 24.5 Å². The van der Waals surface area contributed by atoms with Crippen molar-refractivity contribution in [2.24, 2.45) is 0 Å². The number of aliphatic carboxylic acids is 1. The quantitative estimate of drug-likeness (QED) is 0.606. The molecule has 0 aliphatic carbocycles. The van der Waals surface area contributed by atoms with Crippen LogP contribution in [0, 0.1) is 26.6 Å². The number of hydrogen-bond donors (Lipinski definition) is 2. The van der Waals surface area contributed by atoms with Crippen LogP contribution in [0.2, 0.25) is 0 Å². The Morgan fingerprint density at radius 2 is 1.91 bits per heavy atom. The van der Waals surface area contributed by atoms with E-state index in [9.17, 15) is 9.90 Å². The van der Waals surface area contributed by atoms with Crippen molar-refractivity contribution in [3.63, 3.8) is 0 Å². The number of fused-ring (bicyclic) bond motifs is 2. The molecule has 33 heavy (non-hydrogen) atoms. The number of hydrogen-bond acceptors (Lipinski definition) is 4. The largest absolute Gasteiger partial charge is 0.490 e. The first-order valence-electron chi connectivity index (χ1n) is 11.7. The number of carbonyl (C=O) groups is 1. The lowest BCUT2D eigenvalue weighted by molar-refractivity contribution is -0.160. The number of carboxylic acids is 1. The van der Waals surface area contributed by atoms with Crippen molar-refractivity contribution in [2.45, 2.75) is 85.6 Å². The van der Waals surface area contributed by atoms with Crippen LogP contribution in [0.1, 0.15) is 85.2 Å². The Hall–Kier alpha value is -2.44. The van der Waals surface area contributed by atoms with Crippen molar-refractivity contribution in [1.29, 1.82) is 0 Å². The van der Waals surface area contributed by atoms with Crippen LogP contribution in [0.15, 0.2) is 6.07 Å². The number of benzene rings is 2. The van der Waals surface area contributed by atoms with Crippen LogP contribution in [-0.4, -0.2) is 23.3 Å². The van der Waals surface area contributed by atoms with E-state index in [1.54, 1.807) is 0 Å². The van der Waals surface area contributed by atoms with Gasteiger partial charge in [-0.25, -0.2) is 9.18 Å². The minimum Gasteiger partial charge on any atom is -0.490 e. The monoisotopic (exact) mass is 455 g/mol. The molecule has 2 heterocycles. The van der Waals surface area contributed by atoms with Gasteiger partial charge in [0.1, 0.15) is 0 Å². The second kappa shape index (κ2) is 8.41. The van der Waals surface area contributed by atoms with E-state index >= 15 is 4.39 Å². The first-order chi connectivity index (χ1) is 15.4. The summed E-state index contributed by atoms with van der Waals surface area (Å²) >= 11 is 0. The van der Waals surface area contributed by atoms with Crippen LogP contribution >= 0.6 is 0 Å². The van der Waals surface area contributed by atoms with Gasteiger partial charge >= 0.3 is 5.97 Å². The molecule has 6 heteroatoms. The average molecular weight is 456 g/mol. The molecule has 2 aliphatic rings. The number of carboxylic acid groups (broad SMARTS) is 1. The third-order valence-corrected chi connectivity index (χ3v) is 6.91. The highest BCUT2D eigenvalue weighted by molar-refractivity contribution is 5.86. The van der Waals surface area contributed by atoms with Gasteiger partial charge in [-0.2, -0.15) is 0 Å². The topological polar surface area (TPSA) is 67.8 Å². The van der Waals surface area contributed by atoms with E-state index < -0.39 is 23.5 Å². The summed E-state index contributed by atoms with van der Waals surface area (Å²) in [7, 11) is 0. The fourth-order valence-electron chi connectivity index (χ4n) is 5.46. The Morgan fingerprint density at radius 1 is 1.21 bits per heavy atom. The SMILES string of the molecule is Cc1c(-c2c(C)c3c(c(C)c2[C@H](OC(C)(C)C)C(=O)O)CN[C@@H]3C)cc(F)c2c1CCCO2. The van der Waals surface area contributed by atoms with Gasteiger partial charge in [0.2, 0.25) is 0 Å². The second-order valence-electron chi connectivity index (χ2n) is 10.3. The van der Waals surface area contributed by atoms with E-state index in [1.807, 2.05) is 41.5 Å². The highest BCUT2D eigenvalue weighted by atomic mass is 19.1. The van der Waals surface area contributed by atoms with Crippen LogP contribution in [0.5, 0.6) is 5.75 Å². The lowest BCUT2D eigenvalue weighted by atomic mass is 9.80. The van der Waals surface area contributed by atoms with Gasteiger partial charge in [-0.1, -0.05) is 0 Å². The summed E-state index contributed by atoms with van der Waals surface area (Å²) in [4.78, 5) is 12.5. The molecule has 0 amide bonds. The Balaban J connectivity index is 2.09. The van der Waals surface area contributed by atoms with Crippen molar-refractivity contribution in [3.05, 3.63) is 50.8 Å². The van der Waals surface area contributed by atoms with Crippen LogP contribution in [0.25, 0.3) is 11.1 Å². The molecule has 0 saturated carbocycles. The summed E-state index contributed by atoms with van der Waals surface area (Å²) in [5.74, 6) is -1.12. The zero-order valence-corrected chi connectivity index (χ0v) is 20.6. The molecule has 0 bridgehead atoms. The van der Waals surface area contributed by atoms with Crippen LogP contribution in [0.3, 0.4) is 0 Å². The van der Waals surface area contributed by atoms with Gasteiger partial charge in [0.15, 0.2) is 17.7 Å². The average Bonchev–Trinajstić information content (AvgIpc) is 3.13. The number of ether oxygens (including phenoxy) is 2. The van der Waals surface area contributed by atoms with Gasteiger partial charge < -0.3 is 19.9 Å². The van der Waals surface area contributed by atoms with Gasteiger partial charge in [-0.3, -0.25) is 0 Å². The van der Waals surface area contributed by atoms with Crippen molar-refractivity contribution in [1.82, 2.24) is 5.32 Å². The van der Waals surface area contributed by atoms with Gasteiger partial charge in [0.05, 0.1) is 12.2 Å². The predicted molar refractivity (Wildman–Crippen MR) is 126 cm³/mol. The lowest BCUT2D eigenvalue weighted by Gasteiger charge is -2.31. The molecular formula is C27H34FNO4. The van der Waals surface area contributed by atoms with Crippen molar-refractivity contribution < 1.29 is 23.8 Å². The lowest BCUT2D eigenvalue weighted by Crippen LogP contribution is -2.29. The molecule has 2 N–H and O–H groups in total. The summed E-state index contributed by atoms with van der Waals surface area (Å²) < 4.78 is 27.0. The summed E-state index contributed by atoms with van der Waals surface area (Å²) in [5, 5.41) is 13.7. The van der Waals surface area contributed by atoms with Gasteiger partial charge in [0.25, 0.3) is 0 Å². The number of rotatable bonds is 4. The van der Waals surface area contributed by atoms with Crippen LogP contribution in [-0.2, 0) is 22.5 Å². The molecule has 0 unspecified atom stereocenters. The van der Waals surface area contributed by atoms with Crippen molar-refractivity contribution in [2.75, 3.05) is 6.61 Å². The fraction of sp³-hybridized carbons (Fsp3) is 0.519. The fourth-order valence-corrected chi connectivity index (χ4v) is 5.46. The van der Waals surface area contributed by atoms with E-state index in [1.165, 1.54) is 11.6 Å². The van der Waals surface area contributed by atoms with Gasteiger partial charge in [-0.15, -0.1) is 0 Å². The Morgan fingerprint density at radius 3 is 2.55 bits per heavy atom. The molecule has 0 radical (unpaired) electrons. The molecule has 4 rings (SSSR count). The molecule has 2 aromatic rings. The Bertz CT molecular complexity index is 1130. The molecule has 2 aromatic carbocycles. The van der Waals surface area contributed by atoms with Gasteiger partial charge in [0, 0.05) is 23.7 Å². The highest BCUT2D eigenvalue weighted by Gasteiger charge is 2.36. The molecule has 0 spiro atoms. The van der Waals surface area contributed by atoms with E-state index in [2.05, 4.69) is 12.2 Å². The third-order valence-electron chi connectivity index (χ3n) is 6.91. The smallest absolute Gasteiger partial charge is 0.337 e. The zero-order valence-electron chi connectivity index (χ0n) is 20.6. The first-order valence-corrected chi connectivity index (χ1v) is 11.7. The molecule has 0 fully saturated rings. The Labute approximate surface area is 195 Å². The maximum absolute atomic E-state index is 15.3. The minimum atomic E-state index is -1.17. The maximum Gasteiger partial charge on any atom is 0.337 e. The molecule has 0 saturated heterocycles. The van der Waals surface area contributed by atoms with E-state index in [0.717, 1.165) is 51.8 Å². The number of halogens is 1. The highest BCUT2D eigenvalue weighted by Crippen LogP contribution is 2.47. The third kappa shape index (κ3) is 4.04. The van der Waals surface area contributed by atoms with E-state index in [-0.39, 0.29) is 6.04 Å². The van der Waals surface area contributed by atoms with Crippen LogP contribution in [0.4, 0.5) is 4.39 Å². The van der Waals surface area contributed by atoms with E-state index in [4.69, 9.17) is 9.47 Å². The van der Waals surface area contributed by atoms with Crippen molar-refractivity contribution in [3.8, 4) is 16.9 Å². The zero-order chi connectivity index (χ0) is 24.2. The van der Waals surface area contributed by atoms with Crippen LogP contribution < -0.4 is 10.1 Å². The molecule has 178 valence electrons. The summed E-state index contributed by atoms with van der Waals surface area (Å²) in [5.41, 5.74) is 7.39. The molecular weight excluding hydrogens is 421 g/mol. The second-order valence-corrected chi connectivity index (χ2v) is 10.3. The Kier molecular flexibility index (Phi) is 6.04.